The van der Waals surface area contributed by atoms with E-state index in [2.05, 4.69) is 51.2 Å². The molecular formula is C20H25N5O2. The molecular weight excluding hydrogens is 342 g/mol. The van der Waals surface area contributed by atoms with Gasteiger partial charge in [0.15, 0.2) is 11.5 Å². The van der Waals surface area contributed by atoms with Crippen molar-refractivity contribution in [3.63, 3.8) is 0 Å². The number of amides is 1. The number of hydrogen-bond acceptors (Lipinski definition) is 6. The Balaban J connectivity index is 1.36. The van der Waals surface area contributed by atoms with E-state index in [-0.39, 0.29) is 5.91 Å². The largest absolute Gasteiger partial charge is 0.378 e. The number of carbonyl (C=O) groups is 1. The molecule has 0 atom stereocenters. The van der Waals surface area contributed by atoms with Crippen molar-refractivity contribution in [2.75, 3.05) is 62.3 Å². The highest BCUT2D eigenvalue weighted by Crippen LogP contribution is 2.19. The van der Waals surface area contributed by atoms with Crippen LogP contribution in [0.4, 0.5) is 11.5 Å². The maximum atomic E-state index is 12.8. The predicted molar refractivity (Wildman–Crippen MR) is 104 cm³/mol. The first-order chi connectivity index (χ1) is 13.2. The molecule has 4 rings (SSSR count). The monoisotopic (exact) mass is 367 g/mol. The summed E-state index contributed by atoms with van der Waals surface area (Å²) in [6, 6.07) is 12.2. The van der Waals surface area contributed by atoms with Crippen molar-refractivity contribution >= 4 is 17.4 Å². The zero-order valence-electron chi connectivity index (χ0n) is 15.7. The molecule has 2 fully saturated rings. The van der Waals surface area contributed by atoms with Crippen LogP contribution in [0.2, 0.25) is 0 Å². The molecule has 2 aliphatic heterocycles. The number of carbonyl (C=O) groups excluding carboxylic acids is 1. The van der Waals surface area contributed by atoms with Crippen molar-refractivity contribution in [3.05, 3.63) is 47.7 Å². The van der Waals surface area contributed by atoms with Crippen LogP contribution in [0.3, 0.4) is 0 Å². The van der Waals surface area contributed by atoms with Crippen LogP contribution < -0.4 is 9.80 Å². The van der Waals surface area contributed by atoms with Gasteiger partial charge in [0.1, 0.15) is 0 Å². The lowest BCUT2D eigenvalue weighted by molar-refractivity contribution is 0.0739. The molecule has 0 N–H and O–H groups in total. The van der Waals surface area contributed by atoms with Crippen molar-refractivity contribution in [1.82, 2.24) is 15.1 Å². The lowest BCUT2D eigenvalue weighted by atomic mass is 10.2. The molecule has 2 aliphatic rings. The van der Waals surface area contributed by atoms with Crippen LogP contribution >= 0.6 is 0 Å². The number of morpholine rings is 1. The van der Waals surface area contributed by atoms with Gasteiger partial charge in [0.05, 0.1) is 13.2 Å². The van der Waals surface area contributed by atoms with Gasteiger partial charge in [0, 0.05) is 45.0 Å². The molecule has 0 aliphatic carbocycles. The molecule has 0 saturated carbocycles. The number of anilines is 2. The highest BCUT2D eigenvalue weighted by Gasteiger charge is 2.24. The third kappa shape index (κ3) is 4.03. The van der Waals surface area contributed by atoms with Crippen LogP contribution in [0.1, 0.15) is 16.1 Å². The van der Waals surface area contributed by atoms with E-state index in [1.54, 1.807) is 6.07 Å². The quantitative estimate of drug-likeness (QED) is 0.821. The summed E-state index contributed by atoms with van der Waals surface area (Å²) in [5.74, 6) is 0.763. The number of rotatable bonds is 3. The van der Waals surface area contributed by atoms with Gasteiger partial charge in [-0.3, -0.25) is 4.79 Å². The van der Waals surface area contributed by atoms with E-state index in [9.17, 15) is 4.79 Å². The summed E-state index contributed by atoms with van der Waals surface area (Å²) in [5.41, 5.74) is 2.88. The van der Waals surface area contributed by atoms with Crippen molar-refractivity contribution in [2.24, 2.45) is 0 Å². The summed E-state index contributed by atoms with van der Waals surface area (Å²) in [5, 5.41) is 8.43. The van der Waals surface area contributed by atoms with E-state index in [1.807, 2.05) is 11.0 Å². The number of piperazine rings is 1. The molecule has 0 unspecified atom stereocenters. The van der Waals surface area contributed by atoms with Gasteiger partial charge in [0.25, 0.3) is 5.91 Å². The minimum Gasteiger partial charge on any atom is -0.378 e. The lowest BCUT2D eigenvalue weighted by Gasteiger charge is -2.36. The number of benzene rings is 1. The van der Waals surface area contributed by atoms with E-state index < -0.39 is 0 Å². The summed E-state index contributed by atoms with van der Waals surface area (Å²) < 4.78 is 5.35. The van der Waals surface area contributed by atoms with Gasteiger partial charge in [-0.05, 0) is 36.8 Å². The second kappa shape index (κ2) is 7.92. The fourth-order valence-electron chi connectivity index (χ4n) is 3.55. The molecule has 1 aromatic heterocycles. The Morgan fingerprint density at radius 1 is 0.926 bits per heavy atom. The number of hydrogen-bond donors (Lipinski definition) is 0. The molecule has 1 aromatic carbocycles. The first-order valence-corrected chi connectivity index (χ1v) is 9.48. The molecule has 0 radical (unpaired) electrons. The topological polar surface area (TPSA) is 61.8 Å². The smallest absolute Gasteiger partial charge is 0.274 e. The zero-order valence-corrected chi connectivity index (χ0v) is 15.7. The molecule has 3 heterocycles. The number of aromatic nitrogens is 2. The summed E-state index contributed by atoms with van der Waals surface area (Å²) in [6.45, 7) is 8.16. The molecule has 7 nitrogen and oxygen atoms in total. The zero-order chi connectivity index (χ0) is 18.6. The summed E-state index contributed by atoms with van der Waals surface area (Å²) in [7, 11) is 0. The molecule has 27 heavy (non-hydrogen) atoms. The van der Waals surface area contributed by atoms with Crippen LogP contribution in [0.25, 0.3) is 0 Å². The standard InChI is InChI=1S/C20H25N5O2/c1-16-3-2-4-17(15-16)23-7-9-25(10-8-23)20(26)18-5-6-19(22-21-18)24-11-13-27-14-12-24/h2-6,15H,7-14H2,1H3. The van der Waals surface area contributed by atoms with Crippen molar-refractivity contribution < 1.29 is 9.53 Å². The van der Waals surface area contributed by atoms with Crippen LogP contribution in [0, 0.1) is 6.92 Å². The van der Waals surface area contributed by atoms with Gasteiger partial charge >= 0.3 is 0 Å². The average molecular weight is 367 g/mol. The van der Waals surface area contributed by atoms with Gasteiger partial charge in [0.2, 0.25) is 0 Å². The van der Waals surface area contributed by atoms with Gasteiger partial charge in [-0.25, -0.2) is 0 Å². The lowest BCUT2D eigenvalue weighted by Crippen LogP contribution is -2.49. The molecule has 2 saturated heterocycles. The minimum atomic E-state index is -0.0417. The van der Waals surface area contributed by atoms with Gasteiger partial charge < -0.3 is 19.4 Å². The first-order valence-electron chi connectivity index (χ1n) is 9.48. The van der Waals surface area contributed by atoms with E-state index in [4.69, 9.17) is 4.74 Å². The second-order valence-electron chi connectivity index (χ2n) is 6.99. The highest BCUT2D eigenvalue weighted by molar-refractivity contribution is 5.92. The van der Waals surface area contributed by atoms with Crippen molar-refractivity contribution in [2.45, 2.75) is 6.92 Å². The molecule has 0 bridgehead atoms. The third-order valence-electron chi connectivity index (χ3n) is 5.14. The summed E-state index contributed by atoms with van der Waals surface area (Å²) in [6.07, 6.45) is 0. The van der Waals surface area contributed by atoms with Gasteiger partial charge in [-0.1, -0.05) is 12.1 Å². The van der Waals surface area contributed by atoms with E-state index in [1.165, 1.54) is 11.3 Å². The highest BCUT2D eigenvalue weighted by atomic mass is 16.5. The number of ether oxygens (including phenoxy) is 1. The van der Waals surface area contributed by atoms with E-state index >= 15 is 0 Å². The van der Waals surface area contributed by atoms with Gasteiger partial charge in [-0.15, -0.1) is 10.2 Å². The average Bonchev–Trinajstić information content (AvgIpc) is 2.74. The Bertz CT molecular complexity index is 781. The van der Waals surface area contributed by atoms with Crippen molar-refractivity contribution in [1.29, 1.82) is 0 Å². The Hall–Kier alpha value is -2.67. The van der Waals surface area contributed by atoms with E-state index in [0.717, 1.165) is 32.0 Å². The fourth-order valence-corrected chi connectivity index (χ4v) is 3.55. The van der Waals surface area contributed by atoms with Crippen LogP contribution in [-0.2, 0) is 4.74 Å². The SMILES string of the molecule is Cc1cccc(N2CCN(C(=O)c3ccc(N4CCOCC4)nn3)CC2)c1. The van der Waals surface area contributed by atoms with Crippen LogP contribution in [-0.4, -0.2) is 73.5 Å². The van der Waals surface area contributed by atoms with E-state index in [0.29, 0.717) is 32.0 Å². The summed E-state index contributed by atoms with van der Waals surface area (Å²) >= 11 is 0. The Kier molecular flexibility index (Phi) is 5.20. The normalized spacial score (nSPS) is 17.9. The fraction of sp³-hybridized carbons (Fsp3) is 0.450. The molecule has 142 valence electrons. The Morgan fingerprint density at radius 2 is 1.70 bits per heavy atom. The van der Waals surface area contributed by atoms with Crippen LogP contribution in [0.5, 0.6) is 0 Å². The maximum absolute atomic E-state index is 12.8. The maximum Gasteiger partial charge on any atom is 0.274 e. The molecule has 7 heteroatoms. The molecule has 0 spiro atoms. The van der Waals surface area contributed by atoms with Crippen LogP contribution in [0.15, 0.2) is 36.4 Å². The number of aryl methyl sites for hydroxylation is 1. The Morgan fingerprint density at radius 3 is 2.37 bits per heavy atom. The predicted octanol–water partition coefficient (Wildman–Crippen LogP) is 1.58. The third-order valence-corrected chi connectivity index (χ3v) is 5.14. The van der Waals surface area contributed by atoms with Crippen molar-refractivity contribution in [3.8, 4) is 0 Å². The Labute approximate surface area is 159 Å². The minimum absolute atomic E-state index is 0.0417. The summed E-state index contributed by atoms with van der Waals surface area (Å²) in [4.78, 5) is 19.1. The van der Waals surface area contributed by atoms with Gasteiger partial charge in [-0.2, -0.15) is 0 Å². The first kappa shape index (κ1) is 17.7. The second-order valence-corrected chi connectivity index (χ2v) is 6.99. The molecule has 2 aromatic rings. The number of nitrogens with zero attached hydrogens (tertiary/aromatic N) is 5. The molecule has 1 amide bonds.